The molecule has 0 aliphatic carbocycles. The molecule has 0 amide bonds. The van der Waals surface area contributed by atoms with Crippen molar-refractivity contribution in [3.05, 3.63) is 76.9 Å². The normalized spacial score (nSPS) is 11.4. The van der Waals surface area contributed by atoms with Crippen molar-refractivity contribution in [1.82, 2.24) is 19.3 Å². The van der Waals surface area contributed by atoms with Crippen LogP contribution in [0.3, 0.4) is 0 Å². The van der Waals surface area contributed by atoms with Gasteiger partial charge in [-0.3, -0.25) is 4.98 Å². The van der Waals surface area contributed by atoms with Crippen LogP contribution >= 0.6 is 15.9 Å². The maximum absolute atomic E-state index is 13.3. The summed E-state index contributed by atoms with van der Waals surface area (Å²) in [5, 5.41) is 7.54. The molecule has 170 valence electrons. The molecule has 4 rings (SSSR count). The second-order valence-corrected chi connectivity index (χ2v) is 9.41. The fraction of sp³-hybridized carbons (Fsp3) is 0.143. The van der Waals surface area contributed by atoms with Gasteiger partial charge in [0.25, 0.3) is 0 Å². The van der Waals surface area contributed by atoms with Crippen molar-refractivity contribution in [2.75, 3.05) is 18.4 Å². The monoisotopic (exact) mass is 758 g/mol. The topological polar surface area (TPSA) is 88.4 Å². The second kappa shape index (κ2) is 11.1. The van der Waals surface area contributed by atoms with Gasteiger partial charge in [0.1, 0.15) is 5.82 Å². The molecule has 0 saturated heterocycles. The van der Waals surface area contributed by atoms with E-state index in [9.17, 15) is 17.2 Å². The molecule has 0 atom stereocenters. The Balaban J connectivity index is 0.00000306. The molecule has 0 unspecified atom stereocenters. The fourth-order valence-corrected chi connectivity index (χ4v) is 4.43. The van der Waals surface area contributed by atoms with Crippen molar-refractivity contribution in [3.63, 3.8) is 0 Å². The van der Waals surface area contributed by atoms with Crippen LogP contribution in [0.4, 0.5) is 14.6 Å². The molecule has 12 heteroatoms. The minimum atomic E-state index is -3.94. The number of rotatable bonds is 8. The number of nitrogens with zero attached hydrogens (tertiary/aromatic N) is 3. The van der Waals surface area contributed by atoms with Gasteiger partial charge < -0.3 is 5.32 Å². The van der Waals surface area contributed by atoms with Crippen molar-refractivity contribution in [2.24, 2.45) is 0 Å². The first-order valence-corrected chi connectivity index (χ1v) is 11.8. The van der Waals surface area contributed by atoms with E-state index in [1.165, 1.54) is 0 Å². The molecule has 0 aliphatic heterocycles. The number of anilines is 1. The van der Waals surface area contributed by atoms with Crippen LogP contribution in [0, 0.1) is 48.8 Å². The van der Waals surface area contributed by atoms with E-state index in [-0.39, 0.29) is 42.6 Å². The van der Waals surface area contributed by atoms with Gasteiger partial charge in [-0.05, 0) is 52.3 Å². The zero-order valence-corrected chi connectivity index (χ0v) is 23.6. The molecule has 0 aliphatic rings. The summed E-state index contributed by atoms with van der Waals surface area (Å²) in [7, 11) is -3.94. The van der Waals surface area contributed by atoms with Gasteiger partial charge in [0, 0.05) is 44.2 Å². The van der Waals surface area contributed by atoms with E-state index >= 15 is 0 Å². The van der Waals surface area contributed by atoms with E-state index in [4.69, 9.17) is 0 Å². The first-order chi connectivity index (χ1) is 15.3. The summed E-state index contributed by atoms with van der Waals surface area (Å²) < 4.78 is 55.6. The van der Waals surface area contributed by atoms with E-state index in [0.717, 1.165) is 22.2 Å². The molecule has 2 N–H and O–H groups in total. The van der Waals surface area contributed by atoms with Crippen molar-refractivity contribution in [1.29, 1.82) is 0 Å². The summed E-state index contributed by atoms with van der Waals surface area (Å²) in [6.45, 7) is 0.527. The number of nitrogens with one attached hydrogen (secondary N) is 2. The molecule has 7 nitrogen and oxygen atoms in total. The van der Waals surface area contributed by atoms with Gasteiger partial charge in [0.15, 0.2) is 17.3 Å². The Morgan fingerprint density at radius 2 is 1.91 bits per heavy atom. The van der Waals surface area contributed by atoms with Gasteiger partial charge in [0.05, 0.1) is 15.6 Å². The summed E-state index contributed by atoms with van der Waals surface area (Å²) in [6.07, 6.45) is 2.07. The third-order valence-electron chi connectivity index (χ3n) is 4.57. The average molecular weight is 759 g/mol. The Morgan fingerprint density at radius 1 is 1.09 bits per heavy atom. The predicted molar refractivity (Wildman–Crippen MR) is 120 cm³/mol. The largest absolute Gasteiger partial charge is 0.371 e. The zero-order valence-electron chi connectivity index (χ0n) is 17.0. The van der Waals surface area contributed by atoms with Crippen LogP contribution in [-0.2, 0) is 10.0 Å². The average Bonchev–Trinajstić information content (AvgIpc) is 3.16. The van der Waals surface area contributed by atoms with Crippen molar-refractivity contribution in [3.8, 4) is 11.3 Å². The second-order valence-electron chi connectivity index (χ2n) is 6.78. The molecule has 0 fully saturated rings. The van der Waals surface area contributed by atoms with Crippen LogP contribution in [0.25, 0.3) is 16.9 Å². The molecule has 33 heavy (non-hydrogen) atoms. The first kappa shape index (κ1) is 25.8. The van der Waals surface area contributed by atoms with E-state index in [0.29, 0.717) is 36.2 Å². The molecule has 2 aromatic carbocycles. The van der Waals surface area contributed by atoms with E-state index in [2.05, 4.69) is 42.1 Å². The first-order valence-electron chi connectivity index (χ1n) is 9.55. The Kier molecular flexibility index (Phi) is 8.64. The molecular formula is C21H17BrF2N5O2SU-. The molecule has 0 spiro atoms. The summed E-state index contributed by atoms with van der Waals surface area (Å²) in [5.74, 6) is -1.64. The smallest absolute Gasteiger partial charge is 0.240 e. The number of aromatic nitrogens is 3. The molecule has 2 aromatic heterocycles. The minimum Gasteiger partial charge on any atom is -0.371 e. The maximum atomic E-state index is 13.3. The van der Waals surface area contributed by atoms with Gasteiger partial charge in [-0.25, -0.2) is 21.9 Å². The quantitative estimate of drug-likeness (QED) is 0.210. The molecule has 4 aromatic rings. The molecule has 0 radical (unpaired) electrons. The summed E-state index contributed by atoms with van der Waals surface area (Å²) >= 11 is 3.44. The van der Waals surface area contributed by atoms with Crippen LogP contribution in [0.1, 0.15) is 6.42 Å². The van der Waals surface area contributed by atoms with E-state index in [1.807, 2.05) is 24.3 Å². The fourth-order valence-electron chi connectivity index (χ4n) is 2.99. The molecule has 0 saturated carbocycles. The Hall–Kier alpha value is -1.84. The van der Waals surface area contributed by atoms with Crippen LogP contribution < -0.4 is 10.0 Å². The Bertz CT molecular complexity index is 1370. The van der Waals surface area contributed by atoms with Crippen molar-refractivity contribution >= 4 is 37.4 Å². The number of hydrogen-bond donors (Lipinski definition) is 2. The predicted octanol–water partition coefficient (Wildman–Crippen LogP) is 4.02. The number of sulfonamides is 1. The standard InChI is InChI=1S/C21H17BrF2N5O2S.U/c22-16-13-26-29-20(12-19(28-21(16)29)14-5-2-1-3-6-14)25-9-4-10-27-32(30,31)15-7-8-17(23)18(24)11-15;/h1-3,5,7-8,11-13,25,27H,4,9-10H2;/q-1;. The minimum absolute atomic E-state index is 0. The summed E-state index contributed by atoms with van der Waals surface area (Å²) in [5.41, 5.74) is 2.16. The van der Waals surface area contributed by atoms with Crippen molar-refractivity contribution in [2.45, 2.75) is 11.3 Å². The van der Waals surface area contributed by atoms with Crippen LogP contribution in [0.2, 0.25) is 0 Å². The van der Waals surface area contributed by atoms with Gasteiger partial charge in [0.2, 0.25) is 10.0 Å². The third-order valence-corrected chi connectivity index (χ3v) is 6.58. The van der Waals surface area contributed by atoms with E-state index < -0.39 is 21.7 Å². The summed E-state index contributed by atoms with van der Waals surface area (Å²) in [6, 6.07) is 14.9. The number of fused-ring (bicyclic) bond motifs is 1. The SMILES string of the molecule is O=S(=O)(NCCCNc1cc(-c2[c-]cccc2)nc2c(Br)cnn12)c1ccc(F)c(F)c1.[U]. The number of benzene rings is 2. The Labute approximate surface area is 221 Å². The Morgan fingerprint density at radius 3 is 2.64 bits per heavy atom. The van der Waals surface area contributed by atoms with Gasteiger partial charge >= 0.3 is 0 Å². The van der Waals surface area contributed by atoms with Gasteiger partial charge in [-0.2, -0.15) is 9.61 Å². The van der Waals surface area contributed by atoms with Gasteiger partial charge in [-0.15, -0.1) is 35.9 Å². The third kappa shape index (κ3) is 6.00. The maximum Gasteiger partial charge on any atom is 0.240 e. The molecule has 2 heterocycles. The number of hydrogen-bond acceptors (Lipinski definition) is 5. The van der Waals surface area contributed by atoms with Crippen LogP contribution in [0.5, 0.6) is 0 Å². The van der Waals surface area contributed by atoms with Crippen LogP contribution in [0.15, 0.2) is 64.1 Å². The van der Waals surface area contributed by atoms with Crippen molar-refractivity contribution < 1.29 is 48.3 Å². The summed E-state index contributed by atoms with van der Waals surface area (Å²) in [4.78, 5) is 4.29. The number of halogens is 3. The van der Waals surface area contributed by atoms with Crippen LogP contribution in [-0.4, -0.2) is 36.1 Å². The molecule has 0 bridgehead atoms. The zero-order chi connectivity index (χ0) is 22.7. The van der Waals surface area contributed by atoms with E-state index in [1.54, 1.807) is 16.8 Å². The molecular weight excluding hydrogens is 742 g/mol. The van der Waals surface area contributed by atoms with Gasteiger partial charge in [-0.1, -0.05) is 0 Å².